The van der Waals surface area contributed by atoms with Crippen molar-refractivity contribution in [3.63, 3.8) is 0 Å². The van der Waals surface area contributed by atoms with Crippen LogP contribution in [-0.2, 0) is 4.79 Å². The van der Waals surface area contributed by atoms with Crippen molar-refractivity contribution in [2.75, 3.05) is 13.1 Å². The lowest BCUT2D eigenvalue weighted by molar-refractivity contribution is -0.122. The minimum Gasteiger partial charge on any atom is -0.351 e. The Bertz CT molecular complexity index is 223. The van der Waals surface area contributed by atoms with Crippen LogP contribution in [0.4, 0.5) is 0 Å². The molecular weight excluding hydrogens is 212 g/mol. The lowest BCUT2D eigenvalue weighted by Gasteiger charge is -2.20. The number of hydrogen-bond acceptors (Lipinski definition) is 2. The zero-order valence-electron chi connectivity index (χ0n) is 12.4. The van der Waals surface area contributed by atoms with Crippen LogP contribution in [0.1, 0.15) is 60.8 Å². The summed E-state index contributed by atoms with van der Waals surface area (Å²) < 4.78 is 0. The highest BCUT2D eigenvalue weighted by atomic mass is 16.1. The van der Waals surface area contributed by atoms with E-state index in [0.717, 1.165) is 13.1 Å². The predicted octanol–water partition coefficient (Wildman–Crippen LogP) is 2.71. The Morgan fingerprint density at radius 2 is 1.59 bits per heavy atom. The van der Waals surface area contributed by atoms with Gasteiger partial charge in [0, 0.05) is 18.5 Å². The van der Waals surface area contributed by atoms with E-state index in [1.165, 1.54) is 12.8 Å². The first-order valence-electron chi connectivity index (χ1n) is 6.62. The fraction of sp³-hybridized carbons (Fsp3) is 0.929. The monoisotopic (exact) mass is 242 g/mol. The molecule has 0 spiro atoms. The van der Waals surface area contributed by atoms with E-state index in [9.17, 15) is 4.79 Å². The lowest BCUT2D eigenvalue weighted by atomic mass is 9.91. The third-order valence-electron chi connectivity index (χ3n) is 2.32. The summed E-state index contributed by atoms with van der Waals surface area (Å²) in [4.78, 5) is 11.5. The van der Waals surface area contributed by atoms with Crippen molar-refractivity contribution in [2.24, 2.45) is 5.41 Å². The molecule has 0 aromatic rings. The summed E-state index contributed by atoms with van der Waals surface area (Å²) >= 11 is 0. The summed E-state index contributed by atoms with van der Waals surface area (Å²) in [5.74, 6) is 0.126. The summed E-state index contributed by atoms with van der Waals surface area (Å²) in [5, 5.41) is 6.27. The van der Waals surface area contributed by atoms with E-state index >= 15 is 0 Å². The number of carbonyl (C=O) groups excluding carboxylic acids is 1. The van der Waals surface area contributed by atoms with E-state index in [1.54, 1.807) is 0 Å². The van der Waals surface area contributed by atoms with Crippen molar-refractivity contribution in [3.05, 3.63) is 0 Å². The Balaban J connectivity index is 3.44. The van der Waals surface area contributed by atoms with Gasteiger partial charge in [-0.3, -0.25) is 4.79 Å². The minimum atomic E-state index is -0.122. The first-order valence-corrected chi connectivity index (χ1v) is 6.62. The van der Waals surface area contributed by atoms with Crippen LogP contribution >= 0.6 is 0 Å². The molecule has 0 saturated carbocycles. The maximum Gasteiger partial charge on any atom is 0.221 e. The molecule has 0 saturated heterocycles. The number of rotatable bonds is 6. The van der Waals surface area contributed by atoms with E-state index in [2.05, 4.69) is 31.4 Å². The standard InChI is InChI=1S/C14H30N2O/c1-13(2,3)9-7-10-15-11-8-12(17)16-14(4,5)6/h15H,7-11H2,1-6H3,(H,16,17). The van der Waals surface area contributed by atoms with Gasteiger partial charge in [0.2, 0.25) is 5.91 Å². The molecule has 1 amide bonds. The summed E-state index contributed by atoms with van der Waals surface area (Å²) in [6.07, 6.45) is 2.95. The molecule has 102 valence electrons. The summed E-state index contributed by atoms with van der Waals surface area (Å²) in [7, 11) is 0. The third-order valence-corrected chi connectivity index (χ3v) is 2.32. The zero-order valence-corrected chi connectivity index (χ0v) is 12.4. The minimum absolute atomic E-state index is 0.122. The Kier molecular flexibility index (Phi) is 6.76. The molecule has 2 N–H and O–H groups in total. The highest BCUT2D eigenvalue weighted by molar-refractivity contribution is 5.76. The lowest BCUT2D eigenvalue weighted by Crippen LogP contribution is -2.41. The van der Waals surface area contributed by atoms with Crippen molar-refractivity contribution in [1.29, 1.82) is 0 Å². The fourth-order valence-corrected chi connectivity index (χ4v) is 1.55. The Hall–Kier alpha value is -0.570. The van der Waals surface area contributed by atoms with Gasteiger partial charge in [0.15, 0.2) is 0 Å². The van der Waals surface area contributed by atoms with Crippen LogP contribution in [-0.4, -0.2) is 24.5 Å². The molecule has 0 aromatic carbocycles. The van der Waals surface area contributed by atoms with Crippen LogP contribution in [0.5, 0.6) is 0 Å². The van der Waals surface area contributed by atoms with Crippen LogP contribution in [0.25, 0.3) is 0 Å². The largest absolute Gasteiger partial charge is 0.351 e. The molecule has 0 aliphatic carbocycles. The molecule has 0 radical (unpaired) electrons. The first-order chi connectivity index (χ1) is 7.60. The van der Waals surface area contributed by atoms with Crippen molar-refractivity contribution in [1.82, 2.24) is 10.6 Å². The van der Waals surface area contributed by atoms with Gasteiger partial charge in [-0.1, -0.05) is 20.8 Å². The molecule has 0 aromatic heterocycles. The molecule has 0 atom stereocenters. The summed E-state index contributed by atoms with van der Waals surface area (Å²) in [5.41, 5.74) is 0.286. The highest BCUT2D eigenvalue weighted by Gasteiger charge is 2.13. The second-order valence-electron chi connectivity index (χ2n) is 6.96. The van der Waals surface area contributed by atoms with Crippen molar-refractivity contribution in [3.8, 4) is 0 Å². The molecule has 0 unspecified atom stereocenters. The molecule has 0 bridgehead atoms. The van der Waals surface area contributed by atoms with E-state index in [-0.39, 0.29) is 11.4 Å². The topological polar surface area (TPSA) is 41.1 Å². The molecule has 17 heavy (non-hydrogen) atoms. The van der Waals surface area contributed by atoms with E-state index < -0.39 is 0 Å². The second kappa shape index (κ2) is 7.00. The number of carbonyl (C=O) groups is 1. The molecule has 3 heteroatoms. The normalized spacial score (nSPS) is 12.6. The summed E-state index contributed by atoms with van der Waals surface area (Å²) in [6, 6.07) is 0. The van der Waals surface area contributed by atoms with Gasteiger partial charge in [-0.2, -0.15) is 0 Å². The first kappa shape index (κ1) is 16.4. The van der Waals surface area contributed by atoms with Gasteiger partial charge < -0.3 is 10.6 Å². The molecule has 0 aliphatic heterocycles. The molecule has 0 rings (SSSR count). The summed E-state index contributed by atoms with van der Waals surface area (Å²) in [6.45, 7) is 14.5. The van der Waals surface area contributed by atoms with Gasteiger partial charge in [0.1, 0.15) is 0 Å². The van der Waals surface area contributed by atoms with Crippen molar-refractivity contribution < 1.29 is 4.79 Å². The van der Waals surface area contributed by atoms with Gasteiger partial charge >= 0.3 is 0 Å². The molecular formula is C14H30N2O. The Morgan fingerprint density at radius 3 is 2.06 bits per heavy atom. The Labute approximate surface area is 107 Å². The SMILES string of the molecule is CC(C)(C)CCCNCCC(=O)NC(C)(C)C. The number of hydrogen-bond donors (Lipinski definition) is 2. The highest BCUT2D eigenvalue weighted by Crippen LogP contribution is 2.19. The maximum atomic E-state index is 11.5. The van der Waals surface area contributed by atoms with Gasteiger partial charge in [0.25, 0.3) is 0 Å². The zero-order chi connectivity index (χ0) is 13.5. The fourth-order valence-electron chi connectivity index (χ4n) is 1.55. The second-order valence-corrected chi connectivity index (χ2v) is 6.96. The van der Waals surface area contributed by atoms with Gasteiger partial charge in [-0.05, 0) is 45.6 Å². The van der Waals surface area contributed by atoms with Gasteiger partial charge in [-0.25, -0.2) is 0 Å². The molecule has 3 nitrogen and oxygen atoms in total. The van der Waals surface area contributed by atoms with Crippen LogP contribution in [0.15, 0.2) is 0 Å². The van der Waals surface area contributed by atoms with Crippen LogP contribution in [0.2, 0.25) is 0 Å². The average Bonchev–Trinajstić information content (AvgIpc) is 2.06. The van der Waals surface area contributed by atoms with Crippen molar-refractivity contribution >= 4 is 5.91 Å². The third kappa shape index (κ3) is 13.4. The smallest absolute Gasteiger partial charge is 0.221 e. The molecule has 0 aliphatic rings. The van der Waals surface area contributed by atoms with Crippen molar-refractivity contribution in [2.45, 2.75) is 66.3 Å². The number of amides is 1. The van der Waals surface area contributed by atoms with Crippen LogP contribution in [0, 0.1) is 5.41 Å². The number of nitrogens with one attached hydrogen (secondary N) is 2. The van der Waals surface area contributed by atoms with E-state index in [0.29, 0.717) is 11.8 Å². The molecule has 0 fully saturated rings. The quantitative estimate of drug-likeness (QED) is 0.703. The van der Waals surface area contributed by atoms with E-state index in [4.69, 9.17) is 0 Å². The van der Waals surface area contributed by atoms with Gasteiger partial charge in [-0.15, -0.1) is 0 Å². The van der Waals surface area contributed by atoms with E-state index in [1.807, 2.05) is 20.8 Å². The maximum absolute atomic E-state index is 11.5. The van der Waals surface area contributed by atoms with Crippen LogP contribution < -0.4 is 10.6 Å². The molecule has 0 heterocycles. The Morgan fingerprint density at radius 1 is 1.00 bits per heavy atom. The average molecular weight is 242 g/mol. The van der Waals surface area contributed by atoms with Gasteiger partial charge in [0.05, 0.1) is 0 Å². The van der Waals surface area contributed by atoms with Crippen LogP contribution in [0.3, 0.4) is 0 Å². The predicted molar refractivity (Wildman–Crippen MR) is 74.1 cm³/mol.